The van der Waals surface area contributed by atoms with Crippen molar-refractivity contribution in [3.05, 3.63) is 47.7 Å². The number of hydrogen-bond acceptors (Lipinski definition) is 7. The number of anilines is 1. The van der Waals surface area contributed by atoms with Crippen LogP contribution in [-0.4, -0.2) is 81.6 Å². The molecule has 35 heavy (non-hydrogen) atoms. The van der Waals surface area contributed by atoms with Crippen LogP contribution < -0.4 is 16.0 Å². The summed E-state index contributed by atoms with van der Waals surface area (Å²) in [6, 6.07) is 8.28. The summed E-state index contributed by atoms with van der Waals surface area (Å²) < 4.78 is 6.97. The average Bonchev–Trinajstić information content (AvgIpc) is 3.19. The van der Waals surface area contributed by atoms with Crippen molar-refractivity contribution in [1.29, 1.82) is 0 Å². The van der Waals surface area contributed by atoms with Crippen LogP contribution in [0.4, 0.5) is 10.6 Å². The normalized spacial score (nSPS) is 15.9. The predicted molar refractivity (Wildman–Crippen MR) is 130 cm³/mol. The second-order valence-electron chi connectivity index (χ2n) is 9.61. The lowest BCUT2D eigenvalue weighted by Crippen LogP contribution is -2.51. The molecular formula is C24H34N6O5. The number of aromatic nitrogens is 2. The van der Waals surface area contributed by atoms with Crippen molar-refractivity contribution in [2.24, 2.45) is 12.8 Å². The van der Waals surface area contributed by atoms with Crippen molar-refractivity contribution in [1.82, 2.24) is 20.0 Å². The molecule has 2 unspecified atom stereocenters. The number of carbonyl (C=O) groups excluding carboxylic acids is 3. The van der Waals surface area contributed by atoms with E-state index >= 15 is 0 Å². The fraction of sp³-hybridized carbons (Fsp3) is 0.500. The van der Waals surface area contributed by atoms with Crippen molar-refractivity contribution >= 4 is 23.7 Å². The second-order valence-corrected chi connectivity index (χ2v) is 9.61. The number of hydrogen-bond donors (Lipinski definition) is 3. The third kappa shape index (κ3) is 6.95. The molecule has 1 aliphatic heterocycles. The molecule has 2 atom stereocenters. The van der Waals surface area contributed by atoms with Gasteiger partial charge in [-0.2, -0.15) is 5.10 Å². The summed E-state index contributed by atoms with van der Waals surface area (Å²) in [5, 5.41) is 17.6. The number of aliphatic hydroxyl groups excluding tert-OH is 1. The van der Waals surface area contributed by atoms with E-state index in [1.165, 1.54) is 4.68 Å². The van der Waals surface area contributed by atoms with Crippen molar-refractivity contribution in [2.75, 3.05) is 31.1 Å². The topological polar surface area (TPSA) is 143 Å². The highest BCUT2D eigenvalue weighted by molar-refractivity contribution is 5.99. The Morgan fingerprint density at radius 2 is 1.77 bits per heavy atom. The van der Waals surface area contributed by atoms with Gasteiger partial charge in [0, 0.05) is 39.4 Å². The number of carbonyl (C=O) groups is 3. The molecule has 11 nitrogen and oxygen atoms in total. The average molecular weight is 487 g/mol. The van der Waals surface area contributed by atoms with E-state index in [2.05, 4.69) is 10.4 Å². The van der Waals surface area contributed by atoms with Gasteiger partial charge in [0.15, 0.2) is 11.9 Å². The molecule has 2 heterocycles. The largest absolute Gasteiger partial charge is 0.444 e. The summed E-state index contributed by atoms with van der Waals surface area (Å²) in [6.07, 6.45) is -0.126. The molecule has 190 valence electrons. The minimum Gasteiger partial charge on any atom is -0.444 e. The molecular weight excluding hydrogens is 452 g/mol. The first-order valence-electron chi connectivity index (χ1n) is 11.5. The van der Waals surface area contributed by atoms with Gasteiger partial charge in [-0.05, 0) is 32.8 Å². The Morgan fingerprint density at radius 1 is 1.14 bits per heavy atom. The van der Waals surface area contributed by atoms with Gasteiger partial charge in [0.25, 0.3) is 5.91 Å². The highest BCUT2D eigenvalue weighted by Crippen LogP contribution is 2.21. The molecule has 1 aliphatic rings. The highest BCUT2D eigenvalue weighted by atomic mass is 16.6. The number of piperazine rings is 1. The fourth-order valence-corrected chi connectivity index (χ4v) is 3.85. The van der Waals surface area contributed by atoms with Crippen molar-refractivity contribution in [3.63, 3.8) is 0 Å². The number of benzene rings is 1. The van der Waals surface area contributed by atoms with E-state index in [-0.39, 0.29) is 12.5 Å². The summed E-state index contributed by atoms with van der Waals surface area (Å²) >= 11 is 0. The molecule has 3 rings (SSSR count). The van der Waals surface area contributed by atoms with Gasteiger partial charge in [0.05, 0.1) is 6.04 Å². The maximum atomic E-state index is 13.2. The van der Waals surface area contributed by atoms with Crippen LogP contribution in [0.1, 0.15) is 36.7 Å². The number of nitrogens with zero attached hydrogens (tertiary/aromatic N) is 4. The maximum Gasteiger partial charge on any atom is 0.410 e. The number of nitrogens with one attached hydrogen (secondary N) is 1. The standard InChI is InChI=1S/C24H34N6O5/c1-24(2,3)35-23(34)30-12-10-29(11-13-30)21-17(15-28(4)27-21)22(33)26-18(19(31)20(25)32)14-16-8-6-5-7-9-16/h5-9,15,18-19,31H,10-14H2,1-4H3,(H2,25,32)(H,26,33). The Kier molecular flexibility index (Phi) is 8.00. The number of amides is 3. The van der Waals surface area contributed by atoms with Crippen LogP contribution in [0.15, 0.2) is 36.5 Å². The van der Waals surface area contributed by atoms with Gasteiger partial charge in [0.1, 0.15) is 11.2 Å². The SMILES string of the molecule is Cn1cc(C(=O)NC(Cc2ccccc2)C(O)C(N)=O)c(N2CCN(C(=O)OC(C)(C)C)CC2)n1. The Hall–Kier alpha value is -3.60. The van der Waals surface area contributed by atoms with E-state index in [4.69, 9.17) is 10.5 Å². The quantitative estimate of drug-likeness (QED) is 0.522. The number of aryl methyl sites for hydroxylation is 1. The molecule has 0 aliphatic carbocycles. The fourth-order valence-electron chi connectivity index (χ4n) is 3.85. The molecule has 4 N–H and O–H groups in total. The van der Waals surface area contributed by atoms with Gasteiger partial charge >= 0.3 is 6.09 Å². The molecule has 11 heteroatoms. The zero-order valence-corrected chi connectivity index (χ0v) is 20.6. The molecule has 1 aromatic carbocycles. The first-order chi connectivity index (χ1) is 16.4. The van der Waals surface area contributed by atoms with Gasteiger partial charge < -0.3 is 30.7 Å². The van der Waals surface area contributed by atoms with Crippen LogP contribution in [0.2, 0.25) is 0 Å². The molecule has 1 fully saturated rings. The van der Waals surface area contributed by atoms with Crippen LogP contribution >= 0.6 is 0 Å². The Morgan fingerprint density at radius 3 is 2.34 bits per heavy atom. The van der Waals surface area contributed by atoms with E-state index in [9.17, 15) is 19.5 Å². The summed E-state index contributed by atoms with van der Waals surface area (Å²) in [7, 11) is 1.71. The maximum absolute atomic E-state index is 13.2. The molecule has 0 saturated carbocycles. The lowest BCUT2D eigenvalue weighted by molar-refractivity contribution is -0.127. The minimum atomic E-state index is -1.56. The number of rotatable bonds is 7. The van der Waals surface area contributed by atoms with Gasteiger partial charge in [-0.25, -0.2) is 4.79 Å². The molecule has 1 saturated heterocycles. The number of ether oxygens (including phenoxy) is 1. The lowest BCUT2D eigenvalue weighted by atomic mass is 10.0. The molecule has 0 radical (unpaired) electrons. The van der Waals surface area contributed by atoms with Crippen LogP contribution in [-0.2, 0) is 23.0 Å². The zero-order valence-electron chi connectivity index (χ0n) is 20.6. The Bertz CT molecular complexity index is 1040. The van der Waals surface area contributed by atoms with E-state index in [0.29, 0.717) is 37.6 Å². The summed E-state index contributed by atoms with van der Waals surface area (Å²) in [5.74, 6) is -0.944. The van der Waals surface area contributed by atoms with Crippen molar-refractivity contribution < 1.29 is 24.2 Å². The summed E-state index contributed by atoms with van der Waals surface area (Å²) in [6.45, 7) is 7.23. The smallest absolute Gasteiger partial charge is 0.410 e. The number of primary amides is 1. The molecule has 1 aromatic heterocycles. The van der Waals surface area contributed by atoms with Crippen LogP contribution in [0, 0.1) is 0 Å². The van der Waals surface area contributed by atoms with E-state index in [1.807, 2.05) is 56.0 Å². The molecule has 2 aromatic rings. The zero-order chi connectivity index (χ0) is 25.8. The van der Waals surface area contributed by atoms with Crippen LogP contribution in [0.25, 0.3) is 0 Å². The first kappa shape index (κ1) is 26.0. The highest BCUT2D eigenvalue weighted by Gasteiger charge is 2.31. The Balaban J connectivity index is 1.72. The van der Waals surface area contributed by atoms with Crippen molar-refractivity contribution in [2.45, 2.75) is 44.9 Å². The first-order valence-corrected chi connectivity index (χ1v) is 11.5. The van der Waals surface area contributed by atoms with Crippen LogP contribution in [0.3, 0.4) is 0 Å². The second kappa shape index (κ2) is 10.8. The van der Waals surface area contributed by atoms with E-state index in [0.717, 1.165) is 5.56 Å². The number of aliphatic hydroxyl groups is 1. The van der Waals surface area contributed by atoms with Crippen LogP contribution in [0.5, 0.6) is 0 Å². The van der Waals surface area contributed by atoms with E-state index in [1.54, 1.807) is 18.1 Å². The predicted octanol–water partition coefficient (Wildman–Crippen LogP) is 0.665. The summed E-state index contributed by atoms with van der Waals surface area (Å²) in [4.78, 5) is 40.9. The third-order valence-corrected chi connectivity index (χ3v) is 5.57. The molecule has 3 amide bonds. The Labute approximate surface area is 204 Å². The number of nitrogens with two attached hydrogens (primary N) is 1. The van der Waals surface area contributed by atoms with Gasteiger partial charge in [0.2, 0.25) is 5.91 Å². The van der Waals surface area contributed by atoms with Crippen molar-refractivity contribution in [3.8, 4) is 0 Å². The van der Waals surface area contributed by atoms with Gasteiger partial charge in [-0.1, -0.05) is 30.3 Å². The third-order valence-electron chi connectivity index (χ3n) is 5.57. The van der Waals surface area contributed by atoms with E-state index < -0.39 is 29.6 Å². The van der Waals surface area contributed by atoms with Gasteiger partial charge in [-0.3, -0.25) is 14.3 Å². The molecule has 0 bridgehead atoms. The lowest BCUT2D eigenvalue weighted by Gasteiger charge is -2.36. The minimum absolute atomic E-state index is 0.223. The summed E-state index contributed by atoms with van der Waals surface area (Å²) in [5.41, 5.74) is 5.88. The van der Waals surface area contributed by atoms with Gasteiger partial charge in [-0.15, -0.1) is 0 Å². The molecule has 0 spiro atoms. The monoisotopic (exact) mass is 486 g/mol.